The average Bonchev–Trinajstić information content (AvgIpc) is 2.88. The van der Waals surface area contributed by atoms with E-state index < -0.39 is 6.48 Å². The molecule has 0 unspecified atom stereocenters. The monoisotopic (exact) mass is 513 g/mol. The summed E-state index contributed by atoms with van der Waals surface area (Å²) in [6, 6.07) is 0. The van der Waals surface area contributed by atoms with Crippen LogP contribution in [0, 0.1) is 0 Å². The molecule has 0 aliphatic carbocycles. The maximum Gasteiger partial charge on any atom is 0.269 e. The molecule has 36 heavy (non-hydrogen) atoms. The molecule has 0 fully saturated rings. The summed E-state index contributed by atoms with van der Waals surface area (Å²) in [5.74, 6) is 0. The van der Waals surface area contributed by atoms with E-state index in [1.165, 1.54) is 167 Å². The van der Waals surface area contributed by atoms with Crippen molar-refractivity contribution in [1.29, 1.82) is 0 Å². The van der Waals surface area contributed by atoms with Gasteiger partial charge in [0, 0.05) is 0 Å². The van der Waals surface area contributed by atoms with Gasteiger partial charge in [-0.25, -0.2) is 0 Å². The van der Waals surface area contributed by atoms with Gasteiger partial charge in [0.1, 0.15) is 0 Å². The average molecular weight is 513 g/mol. The van der Waals surface area contributed by atoms with Crippen molar-refractivity contribution in [3.8, 4) is 0 Å². The Labute approximate surface area is 227 Å². The Morgan fingerprint density at radius 3 is 0.750 bits per heavy atom. The van der Waals surface area contributed by atoms with Crippen molar-refractivity contribution < 1.29 is 14.6 Å². The predicted octanol–water partition coefficient (Wildman–Crippen LogP) is 11.3. The lowest BCUT2D eigenvalue weighted by molar-refractivity contribution is -0.263. The van der Waals surface area contributed by atoms with Crippen LogP contribution in [0.5, 0.6) is 0 Å². The molecule has 3 heteroatoms. The maximum absolute atomic E-state index is 9.81. The molecule has 3 nitrogen and oxygen atoms in total. The molecule has 218 valence electrons. The summed E-state index contributed by atoms with van der Waals surface area (Å²) in [6.45, 7) is 4.75. The van der Waals surface area contributed by atoms with Gasteiger partial charge in [0.15, 0.2) is 0 Å². The normalized spacial score (nSPS) is 11.7. The molecule has 0 aliphatic heterocycles. The van der Waals surface area contributed by atoms with Crippen LogP contribution in [0.1, 0.15) is 194 Å². The summed E-state index contributed by atoms with van der Waals surface area (Å²) in [6.07, 6.45) is 38.0. The zero-order chi connectivity index (χ0) is 26.2. The van der Waals surface area contributed by atoms with Crippen LogP contribution < -0.4 is 0 Å². The summed E-state index contributed by atoms with van der Waals surface area (Å²) in [4.78, 5) is 0. The number of ether oxygens (including phenoxy) is 2. The molecule has 0 radical (unpaired) electrons. The molecule has 0 aromatic heterocycles. The van der Waals surface area contributed by atoms with E-state index in [4.69, 9.17) is 9.47 Å². The topological polar surface area (TPSA) is 38.7 Å². The first kappa shape index (κ1) is 35.9. The minimum absolute atomic E-state index is 0.609. The van der Waals surface area contributed by atoms with Crippen molar-refractivity contribution in [1.82, 2.24) is 0 Å². The van der Waals surface area contributed by atoms with E-state index in [0.717, 1.165) is 12.8 Å². The van der Waals surface area contributed by atoms with Crippen LogP contribution in [0.2, 0.25) is 0 Å². The Kier molecular flexibility index (Phi) is 32.8. The Hall–Kier alpha value is -0.120. The zero-order valence-corrected chi connectivity index (χ0v) is 25.1. The lowest BCUT2D eigenvalue weighted by Gasteiger charge is -2.12. The largest absolute Gasteiger partial charge is 0.346 e. The van der Waals surface area contributed by atoms with Gasteiger partial charge in [-0.05, 0) is 12.8 Å². The summed E-state index contributed by atoms with van der Waals surface area (Å²) in [5.41, 5.74) is 0. The van der Waals surface area contributed by atoms with Crippen LogP contribution in [0.15, 0.2) is 0 Å². The molecule has 0 aliphatic rings. The maximum atomic E-state index is 9.81. The second-order valence-corrected chi connectivity index (χ2v) is 11.2. The highest BCUT2D eigenvalue weighted by Crippen LogP contribution is 2.14. The van der Waals surface area contributed by atoms with E-state index in [1.807, 2.05) is 0 Å². The van der Waals surface area contributed by atoms with Gasteiger partial charge < -0.3 is 14.6 Å². The molecule has 0 spiro atoms. The second kappa shape index (κ2) is 32.9. The Morgan fingerprint density at radius 2 is 0.528 bits per heavy atom. The third kappa shape index (κ3) is 31.9. The fraction of sp³-hybridized carbons (Fsp3) is 1.00. The van der Waals surface area contributed by atoms with Crippen LogP contribution in [0.4, 0.5) is 0 Å². The number of hydrogen-bond acceptors (Lipinski definition) is 3. The van der Waals surface area contributed by atoms with Crippen molar-refractivity contribution >= 4 is 0 Å². The fourth-order valence-corrected chi connectivity index (χ4v) is 5.01. The van der Waals surface area contributed by atoms with E-state index in [0.29, 0.717) is 13.2 Å². The van der Waals surface area contributed by atoms with Gasteiger partial charge in [0.2, 0.25) is 0 Å². The molecule has 0 bridgehead atoms. The van der Waals surface area contributed by atoms with E-state index in [2.05, 4.69) is 13.8 Å². The van der Waals surface area contributed by atoms with Crippen molar-refractivity contribution in [2.45, 2.75) is 200 Å². The van der Waals surface area contributed by atoms with E-state index >= 15 is 0 Å². The van der Waals surface area contributed by atoms with E-state index in [-0.39, 0.29) is 0 Å². The lowest BCUT2D eigenvalue weighted by Crippen LogP contribution is -2.17. The number of rotatable bonds is 32. The highest BCUT2D eigenvalue weighted by atomic mass is 16.8. The molecule has 0 heterocycles. The third-order valence-corrected chi connectivity index (χ3v) is 7.52. The van der Waals surface area contributed by atoms with Gasteiger partial charge in [-0.15, -0.1) is 0 Å². The first-order valence-corrected chi connectivity index (χ1v) is 16.7. The lowest BCUT2D eigenvalue weighted by atomic mass is 10.0. The fourth-order valence-electron chi connectivity index (χ4n) is 5.01. The van der Waals surface area contributed by atoms with Gasteiger partial charge in [0.25, 0.3) is 6.48 Å². The van der Waals surface area contributed by atoms with Crippen molar-refractivity contribution in [3.63, 3.8) is 0 Å². The van der Waals surface area contributed by atoms with Crippen LogP contribution in [-0.2, 0) is 9.47 Å². The molecule has 0 saturated heterocycles. The number of aliphatic hydroxyl groups is 1. The van der Waals surface area contributed by atoms with E-state index in [1.54, 1.807) is 0 Å². The predicted molar refractivity (Wildman–Crippen MR) is 159 cm³/mol. The first-order valence-electron chi connectivity index (χ1n) is 16.7. The summed E-state index contributed by atoms with van der Waals surface area (Å²) >= 11 is 0. The molecular formula is C33H68O3. The standard InChI is InChI=1S/C33H68O3/c1-3-5-7-9-11-13-15-17-19-21-23-25-27-29-31-35-33(34)36-32-30-28-26-24-22-20-18-16-14-12-10-8-6-4-2/h33-34H,3-32H2,1-2H3. The van der Waals surface area contributed by atoms with Gasteiger partial charge >= 0.3 is 0 Å². The zero-order valence-electron chi connectivity index (χ0n) is 25.1. The highest BCUT2D eigenvalue weighted by molar-refractivity contribution is 4.51. The highest BCUT2D eigenvalue weighted by Gasteiger charge is 2.03. The van der Waals surface area contributed by atoms with E-state index in [9.17, 15) is 5.11 Å². The molecule has 1 N–H and O–H groups in total. The summed E-state index contributed by atoms with van der Waals surface area (Å²) in [7, 11) is 0. The van der Waals surface area contributed by atoms with Crippen LogP contribution in [0.3, 0.4) is 0 Å². The van der Waals surface area contributed by atoms with Gasteiger partial charge in [-0.3, -0.25) is 0 Å². The van der Waals surface area contributed by atoms with Gasteiger partial charge in [-0.2, -0.15) is 0 Å². The molecular weight excluding hydrogens is 444 g/mol. The van der Waals surface area contributed by atoms with Crippen molar-refractivity contribution in [2.24, 2.45) is 0 Å². The smallest absolute Gasteiger partial charge is 0.269 e. The molecule has 0 amide bonds. The Bertz CT molecular complexity index is 340. The molecule has 0 saturated carbocycles. The minimum Gasteiger partial charge on any atom is -0.346 e. The first-order chi connectivity index (χ1) is 17.8. The molecule has 0 atom stereocenters. The quantitative estimate of drug-likeness (QED) is 0.0719. The van der Waals surface area contributed by atoms with Crippen LogP contribution in [0.25, 0.3) is 0 Å². The van der Waals surface area contributed by atoms with Crippen LogP contribution >= 0.6 is 0 Å². The Morgan fingerprint density at radius 1 is 0.333 bits per heavy atom. The summed E-state index contributed by atoms with van der Waals surface area (Å²) in [5, 5.41) is 9.81. The number of hydrogen-bond donors (Lipinski definition) is 1. The van der Waals surface area contributed by atoms with Crippen LogP contribution in [-0.4, -0.2) is 24.8 Å². The van der Waals surface area contributed by atoms with Crippen molar-refractivity contribution in [3.05, 3.63) is 0 Å². The SMILES string of the molecule is CCCCCCCCCCCCCCCCOC(O)OCCCCCCCCCCCCCCCC. The van der Waals surface area contributed by atoms with Gasteiger partial charge in [-0.1, -0.05) is 181 Å². The third-order valence-electron chi connectivity index (χ3n) is 7.52. The Balaban J connectivity index is 3.13. The minimum atomic E-state index is -1.03. The number of aliphatic hydroxyl groups excluding tert-OH is 1. The number of unbranched alkanes of at least 4 members (excludes halogenated alkanes) is 26. The van der Waals surface area contributed by atoms with Gasteiger partial charge in [0.05, 0.1) is 13.2 Å². The molecule has 0 aromatic carbocycles. The molecule has 0 aromatic rings. The molecule has 0 rings (SSSR count). The van der Waals surface area contributed by atoms with Crippen molar-refractivity contribution in [2.75, 3.05) is 13.2 Å². The summed E-state index contributed by atoms with van der Waals surface area (Å²) < 4.78 is 10.8. The second-order valence-electron chi connectivity index (χ2n) is 11.2.